The monoisotopic (exact) mass is 278 g/mol. The Bertz CT molecular complexity index is 309. The molecule has 2 aliphatic carbocycles. The van der Waals surface area contributed by atoms with Crippen LogP contribution in [0.5, 0.6) is 0 Å². The number of nitrogens with one attached hydrogen (secondary N) is 1. The summed E-state index contributed by atoms with van der Waals surface area (Å²) in [5.74, 6) is 0. The SMILES string of the molecule is CCC1(CC)CNC2(CCCCC2)CN1C1CCCC1. The molecule has 0 aromatic heterocycles. The van der Waals surface area contributed by atoms with Crippen molar-refractivity contribution in [3.05, 3.63) is 0 Å². The van der Waals surface area contributed by atoms with Crippen LogP contribution in [0.15, 0.2) is 0 Å². The molecule has 1 saturated heterocycles. The van der Waals surface area contributed by atoms with E-state index in [2.05, 4.69) is 24.1 Å². The van der Waals surface area contributed by atoms with Crippen LogP contribution in [0.2, 0.25) is 0 Å². The van der Waals surface area contributed by atoms with Gasteiger partial charge in [0.25, 0.3) is 0 Å². The molecule has 3 rings (SSSR count). The number of nitrogens with zero attached hydrogens (tertiary/aromatic N) is 1. The van der Waals surface area contributed by atoms with E-state index in [0.29, 0.717) is 11.1 Å². The fourth-order valence-corrected chi connectivity index (χ4v) is 5.21. The predicted octanol–water partition coefficient (Wildman–Crippen LogP) is 4.10. The van der Waals surface area contributed by atoms with E-state index in [9.17, 15) is 0 Å². The normalized spacial score (nSPS) is 30.9. The molecule has 0 aromatic rings. The van der Waals surface area contributed by atoms with Crippen LogP contribution in [0.4, 0.5) is 0 Å². The van der Waals surface area contributed by atoms with Gasteiger partial charge in [-0.1, -0.05) is 46.0 Å². The second-order valence-electron chi connectivity index (χ2n) is 7.69. The molecule has 2 heteroatoms. The summed E-state index contributed by atoms with van der Waals surface area (Å²) in [6, 6.07) is 0.885. The van der Waals surface area contributed by atoms with Gasteiger partial charge in [0.15, 0.2) is 0 Å². The first-order valence-corrected chi connectivity index (χ1v) is 9.25. The minimum Gasteiger partial charge on any atom is -0.308 e. The van der Waals surface area contributed by atoms with Crippen molar-refractivity contribution >= 4 is 0 Å². The molecule has 1 spiro atoms. The third-order valence-electron chi connectivity index (χ3n) is 6.77. The lowest BCUT2D eigenvalue weighted by Crippen LogP contribution is -2.71. The molecular weight excluding hydrogens is 244 g/mol. The number of rotatable bonds is 3. The van der Waals surface area contributed by atoms with E-state index in [4.69, 9.17) is 0 Å². The summed E-state index contributed by atoms with van der Waals surface area (Å²) >= 11 is 0. The van der Waals surface area contributed by atoms with Crippen LogP contribution in [-0.2, 0) is 0 Å². The van der Waals surface area contributed by atoms with E-state index in [1.165, 1.54) is 83.7 Å². The molecule has 1 N–H and O–H groups in total. The molecule has 2 nitrogen and oxygen atoms in total. The topological polar surface area (TPSA) is 15.3 Å². The molecule has 1 aliphatic heterocycles. The van der Waals surface area contributed by atoms with Crippen LogP contribution in [0.3, 0.4) is 0 Å². The lowest BCUT2D eigenvalue weighted by Gasteiger charge is -2.57. The molecule has 0 atom stereocenters. The summed E-state index contributed by atoms with van der Waals surface area (Å²) in [7, 11) is 0. The number of hydrogen-bond donors (Lipinski definition) is 1. The zero-order valence-electron chi connectivity index (χ0n) is 13.7. The molecule has 3 fully saturated rings. The average Bonchev–Trinajstić information content (AvgIpc) is 3.03. The van der Waals surface area contributed by atoms with E-state index in [-0.39, 0.29) is 0 Å². The first-order valence-electron chi connectivity index (χ1n) is 9.25. The molecule has 0 bridgehead atoms. The van der Waals surface area contributed by atoms with Crippen molar-refractivity contribution in [2.45, 2.75) is 102 Å². The van der Waals surface area contributed by atoms with Crippen LogP contribution in [0.25, 0.3) is 0 Å². The van der Waals surface area contributed by atoms with Gasteiger partial charge in [0, 0.05) is 30.2 Å². The molecule has 116 valence electrons. The Morgan fingerprint density at radius 2 is 1.60 bits per heavy atom. The summed E-state index contributed by atoms with van der Waals surface area (Å²) in [6.07, 6.45) is 15.6. The quantitative estimate of drug-likeness (QED) is 0.836. The Balaban J connectivity index is 1.81. The minimum atomic E-state index is 0.442. The zero-order valence-corrected chi connectivity index (χ0v) is 13.7. The largest absolute Gasteiger partial charge is 0.308 e. The summed E-state index contributed by atoms with van der Waals surface area (Å²) in [5.41, 5.74) is 0.909. The van der Waals surface area contributed by atoms with E-state index in [0.717, 1.165) is 6.04 Å². The maximum absolute atomic E-state index is 4.04. The van der Waals surface area contributed by atoms with Gasteiger partial charge in [-0.2, -0.15) is 0 Å². The predicted molar refractivity (Wildman–Crippen MR) is 86.1 cm³/mol. The smallest absolute Gasteiger partial charge is 0.0332 e. The summed E-state index contributed by atoms with van der Waals surface area (Å²) in [4.78, 5) is 2.99. The maximum atomic E-state index is 4.04. The van der Waals surface area contributed by atoms with Gasteiger partial charge in [-0.05, 0) is 38.5 Å². The lowest BCUT2D eigenvalue weighted by molar-refractivity contribution is -0.0412. The summed E-state index contributed by atoms with van der Waals surface area (Å²) in [6.45, 7) is 7.38. The third kappa shape index (κ3) is 2.54. The molecular formula is C18H34N2. The van der Waals surface area contributed by atoms with Gasteiger partial charge >= 0.3 is 0 Å². The van der Waals surface area contributed by atoms with Gasteiger partial charge in [0.2, 0.25) is 0 Å². The number of piperazine rings is 1. The van der Waals surface area contributed by atoms with Crippen LogP contribution >= 0.6 is 0 Å². The Morgan fingerprint density at radius 3 is 2.20 bits per heavy atom. The van der Waals surface area contributed by atoms with Gasteiger partial charge in [-0.3, -0.25) is 4.90 Å². The van der Waals surface area contributed by atoms with E-state index < -0.39 is 0 Å². The highest BCUT2D eigenvalue weighted by Gasteiger charge is 2.48. The maximum Gasteiger partial charge on any atom is 0.0332 e. The van der Waals surface area contributed by atoms with Gasteiger partial charge < -0.3 is 5.32 Å². The molecule has 0 radical (unpaired) electrons. The first-order chi connectivity index (χ1) is 9.74. The molecule has 2 saturated carbocycles. The molecule has 0 aromatic carbocycles. The van der Waals surface area contributed by atoms with Gasteiger partial charge in [-0.15, -0.1) is 0 Å². The number of hydrogen-bond acceptors (Lipinski definition) is 2. The van der Waals surface area contributed by atoms with E-state index in [1.807, 2.05) is 0 Å². The van der Waals surface area contributed by atoms with Gasteiger partial charge in [-0.25, -0.2) is 0 Å². The Morgan fingerprint density at radius 1 is 0.950 bits per heavy atom. The van der Waals surface area contributed by atoms with Crippen molar-refractivity contribution < 1.29 is 0 Å². The van der Waals surface area contributed by atoms with Gasteiger partial charge in [0.05, 0.1) is 0 Å². The van der Waals surface area contributed by atoms with Gasteiger partial charge in [0.1, 0.15) is 0 Å². The van der Waals surface area contributed by atoms with E-state index >= 15 is 0 Å². The van der Waals surface area contributed by atoms with Crippen molar-refractivity contribution in [3.63, 3.8) is 0 Å². The average molecular weight is 278 g/mol. The van der Waals surface area contributed by atoms with E-state index in [1.54, 1.807) is 0 Å². The lowest BCUT2D eigenvalue weighted by atomic mass is 9.75. The fourth-order valence-electron chi connectivity index (χ4n) is 5.21. The highest BCUT2D eigenvalue weighted by Crippen LogP contribution is 2.41. The fraction of sp³-hybridized carbons (Fsp3) is 1.00. The Hall–Kier alpha value is -0.0800. The highest BCUT2D eigenvalue weighted by molar-refractivity contribution is 5.07. The second-order valence-corrected chi connectivity index (χ2v) is 7.69. The van der Waals surface area contributed by atoms with Crippen LogP contribution < -0.4 is 5.32 Å². The molecule has 0 unspecified atom stereocenters. The van der Waals surface area contributed by atoms with Crippen molar-refractivity contribution in [2.24, 2.45) is 0 Å². The van der Waals surface area contributed by atoms with Crippen molar-refractivity contribution in [1.82, 2.24) is 10.2 Å². The zero-order chi connectivity index (χ0) is 14.1. The summed E-state index contributed by atoms with van der Waals surface area (Å²) < 4.78 is 0. The second kappa shape index (κ2) is 5.96. The van der Waals surface area contributed by atoms with Crippen molar-refractivity contribution in [1.29, 1.82) is 0 Å². The Kier molecular flexibility index (Phi) is 4.42. The molecule has 0 amide bonds. The minimum absolute atomic E-state index is 0.442. The van der Waals surface area contributed by atoms with Crippen LogP contribution in [-0.4, -0.2) is 35.1 Å². The van der Waals surface area contributed by atoms with Crippen LogP contribution in [0, 0.1) is 0 Å². The third-order valence-corrected chi connectivity index (χ3v) is 6.77. The Labute approximate surface area is 125 Å². The molecule has 3 aliphatic rings. The molecule has 1 heterocycles. The van der Waals surface area contributed by atoms with Crippen LogP contribution in [0.1, 0.15) is 84.5 Å². The first kappa shape index (κ1) is 14.8. The standard InChI is InChI=1S/C18H34N2/c1-3-18(4-2)14-19-17(12-8-5-9-13-17)15-20(18)16-10-6-7-11-16/h16,19H,3-15H2,1-2H3. The molecule has 20 heavy (non-hydrogen) atoms. The summed E-state index contributed by atoms with van der Waals surface area (Å²) in [5, 5.41) is 4.04. The highest BCUT2D eigenvalue weighted by atomic mass is 15.3. The van der Waals surface area contributed by atoms with Crippen molar-refractivity contribution in [3.8, 4) is 0 Å². The van der Waals surface area contributed by atoms with Crippen molar-refractivity contribution in [2.75, 3.05) is 13.1 Å².